The van der Waals surface area contributed by atoms with E-state index in [-0.39, 0.29) is 11.4 Å². The molecule has 0 bridgehead atoms. The average molecular weight is 307 g/mol. The number of hydrogen-bond donors (Lipinski definition) is 4. The van der Waals surface area contributed by atoms with Gasteiger partial charge in [-0.3, -0.25) is 9.35 Å². The van der Waals surface area contributed by atoms with E-state index in [4.69, 9.17) is 16.0 Å². The first kappa shape index (κ1) is 14.8. The van der Waals surface area contributed by atoms with Crippen LogP contribution in [0, 0.1) is 0 Å². The van der Waals surface area contributed by atoms with E-state index in [1.807, 2.05) is 0 Å². The van der Waals surface area contributed by atoms with Crippen molar-refractivity contribution in [3.8, 4) is 0 Å². The van der Waals surface area contributed by atoms with E-state index < -0.39 is 20.9 Å². The van der Waals surface area contributed by atoms with Gasteiger partial charge < -0.3 is 16.8 Å². The van der Waals surface area contributed by atoms with E-state index >= 15 is 0 Å². The molecule has 0 saturated heterocycles. The molecule has 0 atom stereocenters. The topological polar surface area (TPSA) is 136 Å². The SMILES string of the molecule is Nc1ccc(C(=O)Nc2ccc(N)c(S(=O)(=O)O)c2)cc1. The Balaban J connectivity index is 2.28. The van der Waals surface area contributed by atoms with Crippen LogP contribution >= 0.6 is 0 Å². The summed E-state index contributed by atoms with van der Waals surface area (Å²) < 4.78 is 31.3. The van der Waals surface area contributed by atoms with Gasteiger partial charge in [-0.1, -0.05) is 0 Å². The lowest BCUT2D eigenvalue weighted by Crippen LogP contribution is -2.13. The van der Waals surface area contributed by atoms with E-state index in [1.165, 1.54) is 24.3 Å². The van der Waals surface area contributed by atoms with Gasteiger partial charge in [0.2, 0.25) is 0 Å². The fraction of sp³-hybridized carbons (Fsp3) is 0. The van der Waals surface area contributed by atoms with Crippen LogP contribution in [-0.2, 0) is 10.1 Å². The third-order valence-electron chi connectivity index (χ3n) is 2.72. The quantitative estimate of drug-likeness (QED) is 0.499. The largest absolute Gasteiger partial charge is 0.399 e. The van der Waals surface area contributed by atoms with E-state index in [1.54, 1.807) is 12.1 Å². The van der Waals surface area contributed by atoms with E-state index in [9.17, 15) is 13.2 Å². The first-order valence-electron chi connectivity index (χ1n) is 5.81. The van der Waals surface area contributed by atoms with E-state index in [0.29, 0.717) is 11.3 Å². The molecule has 0 fully saturated rings. The van der Waals surface area contributed by atoms with Gasteiger partial charge in [-0.05, 0) is 42.5 Å². The number of benzene rings is 2. The molecule has 1 amide bonds. The smallest absolute Gasteiger partial charge is 0.296 e. The Bertz CT molecular complexity index is 786. The second-order valence-electron chi connectivity index (χ2n) is 4.30. The number of amides is 1. The maximum absolute atomic E-state index is 12.0. The Morgan fingerprint density at radius 2 is 1.67 bits per heavy atom. The molecule has 0 heterocycles. The van der Waals surface area contributed by atoms with Crippen molar-refractivity contribution < 1.29 is 17.8 Å². The van der Waals surface area contributed by atoms with Crippen LogP contribution in [0.25, 0.3) is 0 Å². The van der Waals surface area contributed by atoms with E-state index in [0.717, 1.165) is 6.07 Å². The predicted molar refractivity (Wildman–Crippen MR) is 79.5 cm³/mol. The maximum atomic E-state index is 12.0. The van der Waals surface area contributed by atoms with Crippen molar-refractivity contribution in [3.63, 3.8) is 0 Å². The fourth-order valence-electron chi connectivity index (χ4n) is 1.67. The van der Waals surface area contributed by atoms with Gasteiger partial charge in [-0.2, -0.15) is 8.42 Å². The van der Waals surface area contributed by atoms with E-state index in [2.05, 4.69) is 5.32 Å². The predicted octanol–water partition coefficient (Wildman–Crippen LogP) is 1.35. The van der Waals surface area contributed by atoms with Gasteiger partial charge in [0.05, 0.1) is 5.69 Å². The second kappa shape index (κ2) is 5.43. The molecule has 2 aromatic rings. The minimum absolute atomic E-state index is 0.108. The number of nitrogen functional groups attached to an aromatic ring is 2. The van der Waals surface area contributed by atoms with Crippen LogP contribution in [0.5, 0.6) is 0 Å². The minimum atomic E-state index is -4.45. The summed E-state index contributed by atoms with van der Waals surface area (Å²) in [5.41, 5.74) is 12.0. The Labute approximate surface area is 121 Å². The highest BCUT2D eigenvalue weighted by molar-refractivity contribution is 7.86. The Morgan fingerprint density at radius 3 is 2.24 bits per heavy atom. The Morgan fingerprint density at radius 1 is 1.05 bits per heavy atom. The fourth-order valence-corrected chi connectivity index (χ4v) is 2.32. The molecule has 0 saturated carbocycles. The van der Waals surface area contributed by atoms with Gasteiger partial charge in [-0.25, -0.2) is 0 Å². The number of anilines is 3. The number of hydrogen-bond acceptors (Lipinski definition) is 5. The van der Waals surface area contributed by atoms with Crippen LogP contribution in [0.4, 0.5) is 17.1 Å². The number of rotatable bonds is 3. The molecule has 0 aromatic heterocycles. The highest BCUT2D eigenvalue weighted by atomic mass is 32.2. The number of carbonyl (C=O) groups excluding carboxylic acids is 1. The molecule has 6 N–H and O–H groups in total. The van der Waals surface area contributed by atoms with Crippen molar-refractivity contribution in [3.05, 3.63) is 48.0 Å². The molecule has 0 aliphatic heterocycles. The third-order valence-corrected chi connectivity index (χ3v) is 3.63. The molecular formula is C13H13N3O4S. The lowest BCUT2D eigenvalue weighted by Gasteiger charge is -2.08. The third kappa shape index (κ3) is 3.50. The summed E-state index contributed by atoms with van der Waals surface area (Å²) in [5, 5.41) is 2.51. The summed E-state index contributed by atoms with van der Waals surface area (Å²) in [6.07, 6.45) is 0. The average Bonchev–Trinajstić information content (AvgIpc) is 2.40. The maximum Gasteiger partial charge on any atom is 0.296 e. The van der Waals surface area contributed by atoms with Crippen molar-refractivity contribution in [2.24, 2.45) is 0 Å². The number of nitrogens with two attached hydrogens (primary N) is 2. The van der Waals surface area contributed by atoms with Gasteiger partial charge in [0.1, 0.15) is 4.90 Å². The zero-order chi connectivity index (χ0) is 15.6. The highest BCUT2D eigenvalue weighted by Gasteiger charge is 2.15. The Kier molecular flexibility index (Phi) is 3.83. The molecule has 0 radical (unpaired) electrons. The van der Waals surface area contributed by atoms with Crippen molar-refractivity contribution in [2.45, 2.75) is 4.90 Å². The van der Waals surface area contributed by atoms with Gasteiger partial charge in [-0.15, -0.1) is 0 Å². The van der Waals surface area contributed by atoms with Crippen molar-refractivity contribution in [1.82, 2.24) is 0 Å². The molecule has 8 heteroatoms. The van der Waals surface area contributed by atoms with Gasteiger partial charge in [0, 0.05) is 16.9 Å². The summed E-state index contributed by atoms with van der Waals surface area (Å²) in [4.78, 5) is 11.5. The Hall–Kier alpha value is -2.58. The van der Waals surface area contributed by atoms with Crippen molar-refractivity contribution in [2.75, 3.05) is 16.8 Å². The van der Waals surface area contributed by atoms with Gasteiger partial charge in [0.15, 0.2) is 0 Å². The summed E-state index contributed by atoms with van der Waals surface area (Å²) in [6, 6.07) is 10.0. The highest BCUT2D eigenvalue weighted by Crippen LogP contribution is 2.22. The normalized spacial score (nSPS) is 11.1. The zero-order valence-electron chi connectivity index (χ0n) is 10.8. The zero-order valence-corrected chi connectivity index (χ0v) is 11.6. The van der Waals surface area contributed by atoms with Crippen LogP contribution in [0.15, 0.2) is 47.4 Å². The summed E-state index contributed by atoms with van der Waals surface area (Å²) >= 11 is 0. The standard InChI is InChI=1S/C13H13N3O4S/c14-9-3-1-8(2-4-9)13(17)16-10-5-6-11(15)12(7-10)21(18,19)20/h1-7H,14-15H2,(H,16,17)(H,18,19,20). The molecule has 0 unspecified atom stereocenters. The summed E-state index contributed by atoms with van der Waals surface area (Å²) in [6.45, 7) is 0. The van der Waals surface area contributed by atoms with Crippen LogP contribution in [0.3, 0.4) is 0 Å². The van der Waals surface area contributed by atoms with Crippen LogP contribution in [-0.4, -0.2) is 18.9 Å². The number of carbonyl (C=O) groups is 1. The second-order valence-corrected chi connectivity index (χ2v) is 5.69. The minimum Gasteiger partial charge on any atom is -0.399 e. The lowest BCUT2D eigenvalue weighted by atomic mass is 10.2. The molecule has 0 aliphatic carbocycles. The first-order chi connectivity index (χ1) is 9.77. The lowest BCUT2D eigenvalue weighted by molar-refractivity contribution is 0.102. The summed E-state index contributed by atoms with van der Waals surface area (Å²) in [5.74, 6) is -0.443. The monoisotopic (exact) mass is 307 g/mol. The molecule has 110 valence electrons. The van der Waals surface area contributed by atoms with Crippen molar-refractivity contribution in [1.29, 1.82) is 0 Å². The molecule has 7 nitrogen and oxygen atoms in total. The molecular weight excluding hydrogens is 294 g/mol. The molecule has 21 heavy (non-hydrogen) atoms. The molecule has 0 spiro atoms. The van der Waals surface area contributed by atoms with Crippen LogP contribution < -0.4 is 16.8 Å². The number of nitrogens with one attached hydrogen (secondary N) is 1. The van der Waals surface area contributed by atoms with Crippen LogP contribution in [0.1, 0.15) is 10.4 Å². The van der Waals surface area contributed by atoms with Crippen LogP contribution in [0.2, 0.25) is 0 Å². The molecule has 2 aromatic carbocycles. The van der Waals surface area contributed by atoms with Crippen molar-refractivity contribution >= 4 is 33.1 Å². The summed E-state index contributed by atoms with van der Waals surface area (Å²) in [7, 11) is -4.45. The van der Waals surface area contributed by atoms with Gasteiger partial charge >= 0.3 is 0 Å². The first-order valence-corrected chi connectivity index (χ1v) is 7.25. The van der Waals surface area contributed by atoms with Gasteiger partial charge in [0.25, 0.3) is 16.0 Å². The molecule has 0 aliphatic rings. The molecule has 2 rings (SSSR count).